The van der Waals surface area contributed by atoms with Crippen molar-refractivity contribution in [2.75, 3.05) is 16.4 Å². The van der Waals surface area contributed by atoms with Gasteiger partial charge in [-0.1, -0.05) is 31.5 Å². The van der Waals surface area contributed by atoms with E-state index >= 15 is 0 Å². The molecule has 0 atom stereocenters. The van der Waals surface area contributed by atoms with Crippen molar-refractivity contribution < 1.29 is 8.42 Å². The largest absolute Gasteiger partial charge is 0.283 e. The Balaban J connectivity index is 2.88. The molecule has 0 saturated heterocycles. The van der Waals surface area contributed by atoms with Crippen LogP contribution in [0.4, 0.5) is 5.69 Å². The topological polar surface area (TPSA) is 46.2 Å². The van der Waals surface area contributed by atoms with Crippen LogP contribution >= 0.6 is 11.6 Å². The van der Waals surface area contributed by atoms with Crippen LogP contribution in [-0.4, -0.2) is 20.1 Å². The molecule has 0 bridgehead atoms. The summed E-state index contributed by atoms with van der Waals surface area (Å²) in [6.45, 7) is 2.06. The molecule has 5 heteroatoms. The number of nitrogens with one attached hydrogen (secondary N) is 1. The molecular formula is C11H16ClNO2S. The summed E-state index contributed by atoms with van der Waals surface area (Å²) in [5.41, 5.74) is 1.68. The molecule has 0 aromatic heterocycles. The van der Waals surface area contributed by atoms with Crippen LogP contribution in [0.2, 0.25) is 0 Å². The summed E-state index contributed by atoms with van der Waals surface area (Å²) in [7, 11) is -3.31. The third kappa shape index (κ3) is 4.02. The third-order valence-electron chi connectivity index (χ3n) is 2.15. The van der Waals surface area contributed by atoms with Gasteiger partial charge in [-0.05, 0) is 18.1 Å². The van der Waals surface area contributed by atoms with Crippen LogP contribution in [0.3, 0.4) is 0 Å². The number of benzene rings is 1. The highest BCUT2D eigenvalue weighted by Crippen LogP contribution is 2.18. The molecule has 0 unspecified atom stereocenters. The summed E-state index contributed by atoms with van der Waals surface area (Å²) in [5, 5.41) is 0. The van der Waals surface area contributed by atoms with Crippen molar-refractivity contribution >= 4 is 27.3 Å². The van der Waals surface area contributed by atoms with E-state index in [1.807, 2.05) is 18.2 Å². The third-order valence-corrected chi connectivity index (χ3v) is 3.83. The first-order valence-corrected chi connectivity index (χ1v) is 7.42. The molecule has 0 fully saturated rings. The maximum atomic E-state index is 11.6. The Morgan fingerprint density at radius 2 is 2.00 bits per heavy atom. The molecule has 0 aliphatic carbocycles. The molecule has 90 valence electrons. The number of alkyl halides is 1. The number of rotatable bonds is 6. The smallest absolute Gasteiger partial charge is 0.233 e. The number of para-hydroxylation sites is 1. The molecule has 1 N–H and O–H groups in total. The van der Waals surface area contributed by atoms with Gasteiger partial charge < -0.3 is 0 Å². The Kier molecular flexibility index (Phi) is 5.09. The SMILES string of the molecule is CCCc1ccccc1NS(=O)(=O)CCCl. The number of hydrogen-bond acceptors (Lipinski definition) is 2. The maximum absolute atomic E-state index is 11.6. The van der Waals surface area contributed by atoms with Gasteiger partial charge in [0.2, 0.25) is 10.0 Å². The van der Waals surface area contributed by atoms with E-state index in [-0.39, 0.29) is 11.6 Å². The molecule has 0 aliphatic heterocycles. The normalized spacial score (nSPS) is 11.4. The van der Waals surface area contributed by atoms with Crippen LogP contribution in [0.15, 0.2) is 24.3 Å². The predicted octanol–water partition coefficient (Wildman–Crippen LogP) is 2.62. The van der Waals surface area contributed by atoms with Gasteiger partial charge in [0.1, 0.15) is 0 Å². The van der Waals surface area contributed by atoms with Crippen molar-refractivity contribution in [1.29, 1.82) is 0 Å². The predicted molar refractivity (Wildman–Crippen MR) is 68.6 cm³/mol. The molecular weight excluding hydrogens is 246 g/mol. The lowest BCUT2D eigenvalue weighted by Crippen LogP contribution is -2.18. The van der Waals surface area contributed by atoms with E-state index in [2.05, 4.69) is 11.6 Å². The Morgan fingerprint density at radius 3 is 2.62 bits per heavy atom. The minimum atomic E-state index is -3.31. The maximum Gasteiger partial charge on any atom is 0.233 e. The summed E-state index contributed by atoms with van der Waals surface area (Å²) in [4.78, 5) is 0. The van der Waals surface area contributed by atoms with Crippen LogP contribution in [0.1, 0.15) is 18.9 Å². The average Bonchev–Trinajstić information content (AvgIpc) is 2.20. The fourth-order valence-corrected chi connectivity index (χ4v) is 2.88. The summed E-state index contributed by atoms with van der Waals surface area (Å²) in [6.07, 6.45) is 1.84. The first-order chi connectivity index (χ1) is 7.59. The Bertz CT molecular complexity index is 431. The van der Waals surface area contributed by atoms with Crippen molar-refractivity contribution in [2.45, 2.75) is 19.8 Å². The quantitative estimate of drug-likeness (QED) is 0.800. The summed E-state index contributed by atoms with van der Waals surface area (Å²) in [5.74, 6) is 0.0420. The zero-order valence-electron chi connectivity index (χ0n) is 9.24. The molecule has 0 spiro atoms. The van der Waals surface area contributed by atoms with Gasteiger partial charge >= 0.3 is 0 Å². The van der Waals surface area contributed by atoms with Gasteiger partial charge in [-0.25, -0.2) is 8.42 Å². The number of aryl methyl sites for hydroxylation is 1. The Morgan fingerprint density at radius 1 is 1.31 bits per heavy atom. The summed E-state index contributed by atoms with van der Waals surface area (Å²) >= 11 is 5.43. The van der Waals surface area contributed by atoms with E-state index in [9.17, 15) is 8.42 Å². The van der Waals surface area contributed by atoms with Gasteiger partial charge in [0.25, 0.3) is 0 Å². The molecule has 0 heterocycles. The fourth-order valence-electron chi connectivity index (χ4n) is 1.43. The van der Waals surface area contributed by atoms with E-state index in [4.69, 9.17) is 11.6 Å². The van der Waals surface area contributed by atoms with E-state index in [1.54, 1.807) is 6.07 Å². The lowest BCUT2D eigenvalue weighted by Gasteiger charge is -2.11. The van der Waals surface area contributed by atoms with Crippen molar-refractivity contribution in [3.63, 3.8) is 0 Å². The fraction of sp³-hybridized carbons (Fsp3) is 0.455. The molecule has 0 aliphatic rings. The molecule has 16 heavy (non-hydrogen) atoms. The molecule has 0 amide bonds. The molecule has 1 aromatic rings. The van der Waals surface area contributed by atoms with Crippen LogP contribution < -0.4 is 4.72 Å². The second-order valence-electron chi connectivity index (χ2n) is 3.52. The van der Waals surface area contributed by atoms with E-state index in [0.717, 1.165) is 18.4 Å². The first kappa shape index (κ1) is 13.3. The average molecular weight is 262 g/mol. The van der Waals surface area contributed by atoms with Gasteiger partial charge in [-0.15, -0.1) is 11.6 Å². The lowest BCUT2D eigenvalue weighted by atomic mass is 10.1. The van der Waals surface area contributed by atoms with Gasteiger partial charge in [0.15, 0.2) is 0 Å². The molecule has 0 radical (unpaired) electrons. The molecule has 3 nitrogen and oxygen atoms in total. The van der Waals surface area contributed by atoms with Crippen LogP contribution in [0.25, 0.3) is 0 Å². The highest BCUT2D eigenvalue weighted by atomic mass is 35.5. The monoisotopic (exact) mass is 261 g/mol. The molecule has 1 aromatic carbocycles. The standard InChI is InChI=1S/C11H16ClNO2S/c1-2-5-10-6-3-4-7-11(10)13-16(14,15)9-8-12/h3-4,6-7,13H,2,5,8-9H2,1H3. The van der Waals surface area contributed by atoms with Crippen LogP contribution in [0.5, 0.6) is 0 Å². The van der Waals surface area contributed by atoms with E-state index in [1.165, 1.54) is 0 Å². The second-order valence-corrected chi connectivity index (χ2v) is 5.74. The highest BCUT2D eigenvalue weighted by Gasteiger charge is 2.11. The summed E-state index contributed by atoms with van der Waals surface area (Å²) < 4.78 is 25.7. The van der Waals surface area contributed by atoms with Crippen LogP contribution in [-0.2, 0) is 16.4 Å². The molecule has 0 saturated carbocycles. The van der Waals surface area contributed by atoms with Crippen molar-refractivity contribution in [2.24, 2.45) is 0 Å². The number of halogens is 1. The minimum absolute atomic E-state index is 0.0605. The Hall–Kier alpha value is -0.740. The van der Waals surface area contributed by atoms with Crippen molar-refractivity contribution in [1.82, 2.24) is 0 Å². The van der Waals surface area contributed by atoms with Crippen LogP contribution in [0, 0.1) is 0 Å². The zero-order valence-corrected chi connectivity index (χ0v) is 10.8. The van der Waals surface area contributed by atoms with E-state index in [0.29, 0.717) is 5.69 Å². The number of hydrogen-bond donors (Lipinski definition) is 1. The van der Waals surface area contributed by atoms with Gasteiger partial charge in [-0.3, -0.25) is 4.72 Å². The number of anilines is 1. The first-order valence-electron chi connectivity index (χ1n) is 5.23. The van der Waals surface area contributed by atoms with Crippen molar-refractivity contribution in [3.05, 3.63) is 29.8 Å². The Labute approximate surface area is 102 Å². The van der Waals surface area contributed by atoms with Gasteiger partial charge in [-0.2, -0.15) is 0 Å². The van der Waals surface area contributed by atoms with Crippen molar-refractivity contribution in [3.8, 4) is 0 Å². The zero-order chi connectivity index (χ0) is 12.0. The lowest BCUT2D eigenvalue weighted by molar-refractivity contribution is 0.602. The van der Waals surface area contributed by atoms with Gasteiger partial charge in [0, 0.05) is 5.88 Å². The minimum Gasteiger partial charge on any atom is -0.283 e. The number of sulfonamides is 1. The van der Waals surface area contributed by atoms with E-state index < -0.39 is 10.0 Å². The molecule has 1 rings (SSSR count). The van der Waals surface area contributed by atoms with Gasteiger partial charge in [0.05, 0.1) is 11.4 Å². The summed E-state index contributed by atoms with van der Waals surface area (Å²) in [6, 6.07) is 7.43. The second kappa shape index (κ2) is 6.11. The highest BCUT2D eigenvalue weighted by molar-refractivity contribution is 7.92.